The molecule has 0 unspecified atom stereocenters. The van der Waals surface area contributed by atoms with Gasteiger partial charge in [0.25, 0.3) is 0 Å². The first kappa shape index (κ1) is 11.1. The molecule has 0 aliphatic heterocycles. The molecule has 0 N–H and O–H groups in total. The van der Waals surface area contributed by atoms with Gasteiger partial charge in [-0.3, -0.25) is 0 Å². The zero-order chi connectivity index (χ0) is 11.1. The lowest BCUT2D eigenvalue weighted by Gasteiger charge is -2.22. The van der Waals surface area contributed by atoms with Crippen LogP contribution >= 0.6 is 15.9 Å². The molecule has 1 heterocycles. The molecule has 2 rings (SSSR count). The molecule has 1 fully saturated rings. The topological polar surface area (TPSA) is 30.7 Å². The fraction of sp³-hybridized carbons (Fsp3) is 0.818. The van der Waals surface area contributed by atoms with Crippen LogP contribution in [0.4, 0.5) is 0 Å². The Morgan fingerprint density at radius 3 is 2.53 bits per heavy atom. The smallest absolute Gasteiger partial charge is 0.143 e. The molecule has 0 bridgehead atoms. The van der Waals surface area contributed by atoms with Crippen molar-refractivity contribution in [3.05, 3.63) is 11.6 Å². The highest BCUT2D eigenvalue weighted by molar-refractivity contribution is 9.08. The van der Waals surface area contributed by atoms with E-state index in [9.17, 15) is 0 Å². The van der Waals surface area contributed by atoms with Crippen LogP contribution in [0.15, 0.2) is 0 Å². The molecule has 84 valence electrons. The van der Waals surface area contributed by atoms with Gasteiger partial charge in [-0.15, -0.1) is 10.2 Å². The number of alkyl halides is 1. The maximum atomic E-state index is 4.37. The van der Waals surface area contributed by atoms with E-state index in [1.54, 1.807) is 0 Å². The number of aromatic nitrogens is 3. The van der Waals surface area contributed by atoms with E-state index in [0.29, 0.717) is 6.04 Å². The number of hydrogen-bond acceptors (Lipinski definition) is 2. The summed E-state index contributed by atoms with van der Waals surface area (Å²) in [6.45, 7) is 6.70. The highest BCUT2D eigenvalue weighted by atomic mass is 79.9. The van der Waals surface area contributed by atoms with Crippen molar-refractivity contribution in [1.82, 2.24) is 14.8 Å². The molecule has 0 atom stereocenters. The normalized spacial score (nSPS) is 17.1. The van der Waals surface area contributed by atoms with E-state index in [1.165, 1.54) is 12.8 Å². The molecule has 1 aliphatic rings. The van der Waals surface area contributed by atoms with Crippen molar-refractivity contribution in [2.75, 3.05) is 0 Å². The van der Waals surface area contributed by atoms with E-state index in [1.807, 2.05) is 0 Å². The standard InChI is InChI=1S/C11H18BrN3/c1-4-11(2,3)10-14-13-9(7-12)15(10)8-5-6-8/h8H,4-7H2,1-3H3. The zero-order valence-electron chi connectivity index (χ0n) is 9.63. The minimum Gasteiger partial charge on any atom is -0.311 e. The largest absolute Gasteiger partial charge is 0.311 e. The molecular formula is C11H18BrN3. The highest BCUT2D eigenvalue weighted by Gasteiger charge is 2.34. The lowest BCUT2D eigenvalue weighted by Crippen LogP contribution is -2.22. The molecular weight excluding hydrogens is 254 g/mol. The average Bonchev–Trinajstić information content (AvgIpc) is 2.97. The summed E-state index contributed by atoms with van der Waals surface area (Å²) < 4.78 is 2.35. The van der Waals surface area contributed by atoms with Crippen LogP contribution in [0.1, 0.15) is 57.7 Å². The number of nitrogens with zero attached hydrogens (tertiary/aromatic N) is 3. The summed E-state index contributed by atoms with van der Waals surface area (Å²) in [6, 6.07) is 0.661. The zero-order valence-corrected chi connectivity index (χ0v) is 11.2. The van der Waals surface area contributed by atoms with Crippen LogP contribution in [0.5, 0.6) is 0 Å². The van der Waals surface area contributed by atoms with Gasteiger partial charge in [0, 0.05) is 11.5 Å². The minimum atomic E-state index is 0.135. The van der Waals surface area contributed by atoms with E-state index in [2.05, 4.69) is 51.5 Å². The second-order valence-corrected chi connectivity index (χ2v) is 5.47. The van der Waals surface area contributed by atoms with Crippen molar-refractivity contribution in [2.45, 2.75) is 56.8 Å². The minimum absolute atomic E-state index is 0.135. The monoisotopic (exact) mass is 271 g/mol. The van der Waals surface area contributed by atoms with Crippen molar-refractivity contribution >= 4 is 15.9 Å². The van der Waals surface area contributed by atoms with Crippen molar-refractivity contribution in [1.29, 1.82) is 0 Å². The summed E-state index contributed by atoms with van der Waals surface area (Å²) in [5.74, 6) is 2.23. The highest BCUT2D eigenvalue weighted by Crippen LogP contribution is 2.40. The maximum absolute atomic E-state index is 4.37. The van der Waals surface area contributed by atoms with Crippen LogP contribution in [0.2, 0.25) is 0 Å². The van der Waals surface area contributed by atoms with Crippen LogP contribution in [0, 0.1) is 0 Å². The molecule has 0 amide bonds. The first-order chi connectivity index (χ1) is 7.10. The van der Waals surface area contributed by atoms with Gasteiger partial charge in [-0.1, -0.05) is 36.7 Å². The van der Waals surface area contributed by atoms with E-state index in [0.717, 1.165) is 23.4 Å². The van der Waals surface area contributed by atoms with Gasteiger partial charge in [0.1, 0.15) is 11.6 Å². The summed E-state index contributed by atoms with van der Waals surface area (Å²) in [7, 11) is 0. The maximum Gasteiger partial charge on any atom is 0.143 e. The molecule has 0 aromatic carbocycles. The molecule has 0 radical (unpaired) electrons. The SMILES string of the molecule is CCC(C)(C)c1nnc(CBr)n1C1CC1. The molecule has 0 saturated heterocycles. The van der Waals surface area contributed by atoms with E-state index >= 15 is 0 Å². The van der Waals surface area contributed by atoms with Crippen molar-refractivity contribution in [3.63, 3.8) is 0 Å². The Morgan fingerprint density at radius 2 is 2.07 bits per heavy atom. The summed E-state index contributed by atoms with van der Waals surface area (Å²) in [5, 5.41) is 9.45. The Balaban J connectivity index is 2.42. The van der Waals surface area contributed by atoms with Gasteiger partial charge in [-0.2, -0.15) is 0 Å². The third-order valence-electron chi connectivity index (χ3n) is 3.29. The lowest BCUT2D eigenvalue weighted by molar-refractivity contribution is 0.441. The van der Waals surface area contributed by atoms with Crippen molar-refractivity contribution in [3.8, 4) is 0 Å². The summed E-state index contributed by atoms with van der Waals surface area (Å²) >= 11 is 3.48. The first-order valence-electron chi connectivity index (χ1n) is 5.60. The molecule has 4 heteroatoms. The molecule has 1 aromatic heterocycles. The Hall–Kier alpha value is -0.380. The third-order valence-corrected chi connectivity index (χ3v) is 3.79. The summed E-state index contributed by atoms with van der Waals surface area (Å²) in [5.41, 5.74) is 0.135. The second kappa shape index (κ2) is 3.89. The quantitative estimate of drug-likeness (QED) is 0.788. The summed E-state index contributed by atoms with van der Waals surface area (Å²) in [4.78, 5) is 0. The Morgan fingerprint density at radius 1 is 1.40 bits per heavy atom. The number of rotatable bonds is 4. The predicted molar refractivity (Wildman–Crippen MR) is 64.2 cm³/mol. The molecule has 1 aromatic rings. The number of halogens is 1. The van der Waals surface area contributed by atoms with Crippen LogP contribution in [-0.4, -0.2) is 14.8 Å². The van der Waals surface area contributed by atoms with E-state index in [-0.39, 0.29) is 5.41 Å². The van der Waals surface area contributed by atoms with Gasteiger partial charge < -0.3 is 4.57 Å². The predicted octanol–water partition coefficient (Wildman–Crippen LogP) is 3.20. The molecule has 0 spiro atoms. The Labute approximate surface area is 99.4 Å². The average molecular weight is 272 g/mol. The Kier molecular flexibility index (Phi) is 2.88. The van der Waals surface area contributed by atoms with Crippen LogP contribution in [-0.2, 0) is 10.7 Å². The third kappa shape index (κ3) is 1.96. The van der Waals surface area contributed by atoms with Crippen LogP contribution in [0.3, 0.4) is 0 Å². The van der Waals surface area contributed by atoms with Gasteiger partial charge in [0.15, 0.2) is 0 Å². The van der Waals surface area contributed by atoms with Gasteiger partial charge >= 0.3 is 0 Å². The van der Waals surface area contributed by atoms with E-state index in [4.69, 9.17) is 0 Å². The van der Waals surface area contributed by atoms with E-state index < -0.39 is 0 Å². The molecule has 1 saturated carbocycles. The fourth-order valence-electron chi connectivity index (χ4n) is 1.75. The molecule has 1 aliphatic carbocycles. The van der Waals surface area contributed by atoms with Crippen molar-refractivity contribution < 1.29 is 0 Å². The van der Waals surface area contributed by atoms with Crippen LogP contribution < -0.4 is 0 Å². The molecule has 3 nitrogen and oxygen atoms in total. The van der Waals surface area contributed by atoms with Gasteiger partial charge in [0.05, 0.1) is 5.33 Å². The summed E-state index contributed by atoms with van der Waals surface area (Å²) in [6.07, 6.45) is 3.66. The van der Waals surface area contributed by atoms with Gasteiger partial charge in [0.2, 0.25) is 0 Å². The first-order valence-corrected chi connectivity index (χ1v) is 6.72. The second-order valence-electron chi connectivity index (χ2n) is 4.91. The van der Waals surface area contributed by atoms with Crippen LogP contribution in [0.25, 0.3) is 0 Å². The van der Waals surface area contributed by atoms with Crippen molar-refractivity contribution in [2.24, 2.45) is 0 Å². The fourth-order valence-corrected chi connectivity index (χ4v) is 2.13. The Bertz CT molecular complexity index is 353. The van der Waals surface area contributed by atoms with Gasteiger partial charge in [-0.05, 0) is 19.3 Å². The molecule has 15 heavy (non-hydrogen) atoms. The van der Waals surface area contributed by atoms with Gasteiger partial charge in [-0.25, -0.2) is 0 Å². The number of hydrogen-bond donors (Lipinski definition) is 0. The lowest BCUT2D eigenvalue weighted by atomic mass is 9.89.